The lowest BCUT2D eigenvalue weighted by Gasteiger charge is -2.30. The highest BCUT2D eigenvalue weighted by molar-refractivity contribution is 6.03. The van der Waals surface area contributed by atoms with E-state index in [-0.39, 0.29) is 37.7 Å². The summed E-state index contributed by atoms with van der Waals surface area (Å²) < 4.78 is 0. The number of piperidine rings is 1. The zero-order valence-electron chi connectivity index (χ0n) is 13.1. The van der Waals surface area contributed by atoms with Gasteiger partial charge in [0.1, 0.15) is 12.6 Å². The summed E-state index contributed by atoms with van der Waals surface area (Å²) >= 11 is 0. The zero-order chi connectivity index (χ0) is 16.7. The van der Waals surface area contributed by atoms with Crippen molar-refractivity contribution in [3.8, 4) is 0 Å². The van der Waals surface area contributed by atoms with Gasteiger partial charge in [-0.2, -0.15) is 0 Å². The van der Waals surface area contributed by atoms with Gasteiger partial charge < -0.3 is 21.9 Å². The minimum absolute atomic E-state index is 0. The van der Waals surface area contributed by atoms with E-state index in [1.165, 1.54) is 0 Å². The van der Waals surface area contributed by atoms with Gasteiger partial charge in [-0.15, -0.1) is 24.8 Å². The Kier molecular flexibility index (Phi) is 12.4. The largest absolute Gasteiger partial charge is 0.480 e. The Labute approximate surface area is 152 Å². The van der Waals surface area contributed by atoms with Crippen LogP contribution in [-0.4, -0.2) is 58.9 Å². The molecule has 9 nitrogen and oxygen atoms in total. The van der Waals surface area contributed by atoms with E-state index in [1.54, 1.807) is 0 Å². The number of carboxylic acids is 1. The van der Waals surface area contributed by atoms with E-state index in [0.717, 1.165) is 6.42 Å². The van der Waals surface area contributed by atoms with Crippen molar-refractivity contribution in [2.75, 3.05) is 13.1 Å². The number of hydrogen-bond acceptors (Lipinski definition) is 6. The Balaban J connectivity index is 0. The molecular weight excluding hydrogens is 363 g/mol. The van der Waals surface area contributed by atoms with Crippen LogP contribution in [0.5, 0.6) is 0 Å². The summed E-state index contributed by atoms with van der Waals surface area (Å²) in [6, 6.07) is -1.67. The van der Waals surface area contributed by atoms with Crippen molar-refractivity contribution in [3.05, 3.63) is 0 Å². The average Bonchev–Trinajstić information content (AvgIpc) is 2.46. The Morgan fingerprint density at radius 3 is 2.46 bits per heavy atom. The summed E-state index contributed by atoms with van der Waals surface area (Å²) in [5.74, 6) is -3.03. The fraction of sp³-hybridized carbons (Fsp3) is 0.692. The number of aliphatic carboxylic acids is 1. The molecule has 6 N–H and O–H groups in total. The summed E-state index contributed by atoms with van der Waals surface area (Å²) in [6.07, 6.45) is 2.06. The second-order valence-corrected chi connectivity index (χ2v) is 5.20. The summed E-state index contributed by atoms with van der Waals surface area (Å²) in [5, 5.41) is 11.2. The van der Waals surface area contributed by atoms with Crippen molar-refractivity contribution in [1.82, 2.24) is 10.2 Å². The number of carboxylic acid groups (broad SMARTS) is 1. The monoisotopic (exact) mass is 386 g/mol. The SMILES string of the molecule is Cl.Cl.NCCCCC(N)C(=O)NC1CCC(=O)N(CC(=O)O)C1=O. The lowest BCUT2D eigenvalue weighted by molar-refractivity contribution is -0.156. The van der Waals surface area contributed by atoms with E-state index >= 15 is 0 Å². The summed E-state index contributed by atoms with van der Waals surface area (Å²) in [4.78, 5) is 46.9. The van der Waals surface area contributed by atoms with Crippen LogP contribution in [0.2, 0.25) is 0 Å². The van der Waals surface area contributed by atoms with Crippen LogP contribution in [0.4, 0.5) is 0 Å². The average molecular weight is 387 g/mol. The maximum Gasteiger partial charge on any atom is 0.323 e. The molecule has 2 unspecified atom stereocenters. The second-order valence-electron chi connectivity index (χ2n) is 5.20. The molecule has 0 aromatic heterocycles. The second kappa shape index (κ2) is 12.0. The highest BCUT2D eigenvalue weighted by atomic mass is 35.5. The number of rotatable bonds is 8. The van der Waals surface area contributed by atoms with Gasteiger partial charge in [-0.1, -0.05) is 6.42 Å². The Hall–Kier alpha value is -1.42. The lowest BCUT2D eigenvalue weighted by atomic mass is 10.0. The van der Waals surface area contributed by atoms with Crippen LogP contribution in [0, 0.1) is 0 Å². The molecule has 1 aliphatic rings. The molecule has 0 aromatic carbocycles. The van der Waals surface area contributed by atoms with Crippen molar-refractivity contribution in [3.63, 3.8) is 0 Å². The van der Waals surface area contributed by atoms with E-state index in [4.69, 9.17) is 16.6 Å². The molecule has 3 amide bonds. The molecule has 1 rings (SSSR count). The van der Waals surface area contributed by atoms with Gasteiger partial charge in [0.2, 0.25) is 11.8 Å². The Bertz CT molecular complexity index is 464. The number of halogens is 2. The first-order valence-corrected chi connectivity index (χ1v) is 7.18. The van der Waals surface area contributed by atoms with E-state index < -0.39 is 42.3 Å². The number of nitrogens with zero attached hydrogens (tertiary/aromatic N) is 1. The molecule has 0 radical (unpaired) electrons. The number of carbonyl (C=O) groups excluding carboxylic acids is 3. The fourth-order valence-electron chi connectivity index (χ4n) is 2.19. The number of hydrogen-bond donors (Lipinski definition) is 4. The van der Waals surface area contributed by atoms with Gasteiger partial charge in [0, 0.05) is 6.42 Å². The van der Waals surface area contributed by atoms with Gasteiger partial charge in [-0.25, -0.2) is 0 Å². The number of nitrogens with one attached hydrogen (secondary N) is 1. The van der Waals surface area contributed by atoms with Crippen LogP contribution in [0.25, 0.3) is 0 Å². The molecule has 1 saturated heterocycles. The first kappa shape index (κ1) is 24.8. The molecule has 2 atom stereocenters. The van der Waals surface area contributed by atoms with Gasteiger partial charge in [0.25, 0.3) is 5.91 Å². The van der Waals surface area contributed by atoms with Gasteiger partial charge in [0.05, 0.1) is 6.04 Å². The van der Waals surface area contributed by atoms with Gasteiger partial charge in [-0.3, -0.25) is 24.1 Å². The topological polar surface area (TPSA) is 156 Å². The minimum Gasteiger partial charge on any atom is -0.480 e. The van der Waals surface area contributed by atoms with Crippen molar-refractivity contribution >= 4 is 48.5 Å². The number of likely N-dealkylation sites (tertiary alicyclic amines) is 1. The predicted molar refractivity (Wildman–Crippen MR) is 90.9 cm³/mol. The van der Waals surface area contributed by atoms with E-state index in [9.17, 15) is 19.2 Å². The smallest absolute Gasteiger partial charge is 0.323 e. The van der Waals surface area contributed by atoms with Crippen LogP contribution in [0.3, 0.4) is 0 Å². The lowest BCUT2D eigenvalue weighted by Crippen LogP contribution is -2.57. The van der Waals surface area contributed by atoms with Gasteiger partial charge in [0.15, 0.2) is 0 Å². The van der Waals surface area contributed by atoms with Crippen molar-refractivity contribution in [2.24, 2.45) is 11.5 Å². The van der Waals surface area contributed by atoms with Gasteiger partial charge >= 0.3 is 5.97 Å². The summed E-state index contributed by atoms with van der Waals surface area (Å²) in [5.41, 5.74) is 11.1. The van der Waals surface area contributed by atoms with E-state index in [0.29, 0.717) is 24.3 Å². The number of nitrogens with two attached hydrogens (primary N) is 2. The molecule has 0 aliphatic carbocycles. The van der Waals surface area contributed by atoms with Crippen molar-refractivity contribution in [2.45, 2.75) is 44.2 Å². The Morgan fingerprint density at radius 1 is 1.29 bits per heavy atom. The summed E-state index contributed by atoms with van der Waals surface area (Å²) in [7, 11) is 0. The molecule has 1 aliphatic heterocycles. The van der Waals surface area contributed by atoms with Crippen LogP contribution in [0.15, 0.2) is 0 Å². The third-order valence-electron chi connectivity index (χ3n) is 3.43. The maximum absolute atomic E-state index is 12.1. The highest BCUT2D eigenvalue weighted by Gasteiger charge is 2.36. The highest BCUT2D eigenvalue weighted by Crippen LogP contribution is 2.13. The number of amides is 3. The molecular formula is C13H24Cl2N4O5. The predicted octanol–water partition coefficient (Wildman–Crippen LogP) is -0.995. The number of carbonyl (C=O) groups is 4. The maximum atomic E-state index is 12.1. The molecule has 0 spiro atoms. The van der Waals surface area contributed by atoms with Crippen molar-refractivity contribution < 1.29 is 24.3 Å². The van der Waals surface area contributed by atoms with Crippen LogP contribution < -0.4 is 16.8 Å². The third kappa shape index (κ3) is 7.43. The minimum atomic E-state index is -1.29. The van der Waals surface area contributed by atoms with E-state index in [1.807, 2.05) is 0 Å². The molecule has 140 valence electrons. The molecule has 1 fully saturated rings. The van der Waals surface area contributed by atoms with Gasteiger partial charge in [-0.05, 0) is 25.8 Å². The van der Waals surface area contributed by atoms with Crippen molar-refractivity contribution in [1.29, 1.82) is 0 Å². The molecule has 0 aromatic rings. The molecule has 0 bridgehead atoms. The standard InChI is InChI=1S/C13H22N4O5.2ClH/c14-6-2-1-3-8(15)12(21)16-9-4-5-10(18)17(13(9)22)7-11(19)20;;/h8-9H,1-7,14-15H2,(H,16,21)(H,19,20);2*1H. The normalized spacial score (nSPS) is 18.2. The van der Waals surface area contributed by atoms with E-state index in [2.05, 4.69) is 5.32 Å². The molecule has 1 heterocycles. The van der Waals surface area contributed by atoms with Crippen LogP contribution >= 0.6 is 24.8 Å². The first-order chi connectivity index (χ1) is 10.4. The van der Waals surface area contributed by atoms with Crippen LogP contribution in [-0.2, 0) is 19.2 Å². The third-order valence-corrected chi connectivity index (χ3v) is 3.43. The molecule has 24 heavy (non-hydrogen) atoms. The zero-order valence-corrected chi connectivity index (χ0v) is 14.7. The van der Waals surface area contributed by atoms with Crippen LogP contribution in [0.1, 0.15) is 32.1 Å². The number of imide groups is 1. The fourth-order valence-corrected chi connectivity index (χ4v) is 2.19. The quantitative estimate of drug-likeness (QED) is 0.308. The number of unbranched alkanes of at least 4 members (excludes halogenated alkanes) is 1. The Morgan fingerprint density at radius 2 is 1.92 bits per heavy atom. The molecule has 0 saturated carbocycles. The first-order valence-electron chi connectivity index (χ1n) is 7.18. The molecule has 11 heteroatoms. The summed E-state index contributed by atoms with van der Waals surface area (Å²) in [6.45, 7) is -0.186.